The van der Waals surface area contributed by atoms with Crippen molar-refractivity contribution >= 4 is 33.6 Å². The highest BCUT2D eigenvalue weighted by molar-refractivity contribution is 7.91. The minimum atomic E-state index is -4.10. The van der Waals surface area contributed by atoms with Gasteiger partial charge in [-0.2, -0.15) is 12.7 Å². The Kier molecular flexibility index (Phi) is 3.31. The van der Waals surface area contributed by atoms with Gasteiger partial charge in [0.25, 0.3) is 0 Å². The van der Waals surface area contributed by atoms with Gasteiger partial charge in [-0.15, -0.1) is 0 Å². The quantitative estimate of drug-likeness (QED) is 0.918. The number of halogens is 2. The van der Waals surface area contributed by atoms with Crippen molar-refractivity contribution in [3.63, 3.8) is 0 Å². The second kappa shape index (κ2) is 4.62. The monoisotopic (exact) mass is 294 g/mol. The minimum Gasteiger partial charge on any atom is -0.447 e. The summed E-state index contributed by atoms with van der Waals surface area (Å²) in [6.07, 6.45) is -0.958. The van der Waals surface area contributed by atoms with Crippen LogP contribution in [0.1, 0.15) is 0 Å². The largest absolute Gasteiger partial charge is 0.447 e. The van der Waals surface area contributed by atoms with Gasteiger partial charge >= 0.3 is 16.3 Å². The summed E-state index contributed by atoms with van der Waals surface area (Å²) < 4.78 is 43.6. The summed E-state index contributed by atoms with van der Waals surface area (Å²) in [7, 11) is -4.10. The van der Waals surface area contributed by atoms with Crippen LogP contribution in [0.2, 0.25) is 5.02 Å². The van der Waals surface area contributed by atoms with E-state index >= 15 is 0 Å². The number of carbonyl (C=O) groups is 1. The Morgan fingerprint density at radius 2 is 2.17 bits per heavy atom. The zero-order valence-corrected chi connectivity index (χ0v) is 10.5. The van der Waals surface area contributed by atoms with Gasteiger partial charge < -0.3 is 4.74 Å². The Labute approximate surface area is 107 Å². The van der Waals surface area contributed by atoms with Crippen molar-refractivity contribution in [3.8, 4) is 0 Å². The van der Waals surface area contributed by atoms with Crippen LogP contribution in [0.3, 0.4) is 0 Å². The van der Waals surface area contributed by atoms with E-state index in [4.69, 9.17) is 11.6 Å². The predicted molar refractivity (Wildman–Crippen MR) is 62.0 cm³/mol. The van der Waals surface area contributed by atoms with Gasteiger partial charge in [0.2, 0.25) is 0 Å². The molecule has 0 saturated carbocycles. The number of nitrogens with zero attached hydrogens (tertiary/aromatic N) is 1. The highest BCUT2D eigenvalue weighted by atomic mass is 35.5. The number of carbonyl (C=O) groups excluding carboxylic acids is 1. The molecule has 1 amide bonds. The topological polar surface area (TPSA) is 75.7 Å². The molecule has 0 atom stereocenters. The fourth-order valence-electron chi connectivity index (χ4n) is 1.36. The van der Waals surface area contributed by atoms with Crippen LogP contribution in [-0.4, -0.2) is 32.0 Å². The lowest BCUT2D eigenvalue weighted by Gasteiger charge is -2.15. The number of benzene rings is 1. The molecule has 1 aliphatic rings. The van der Waals surface area contributed by atoms with Crippen LogP contribution in [0.4, 0.5) is 14.9 Å². The van der Waals surface area contributed by atoms with Crippen LogP contribution in [-0.2, 0) is 14.9 Å². The summed E-state index contributed by atoms with van der Waals surface area (Å²) >= 11 is 5.68. The third kappa shape index (κ3) is 2.49. The lowest BCUT2D eigenvalue weighted by Crippen LogP contribution is -2.36. The molecule has 1 N–H and O–H groups in total. The zero-order valence-electron chi connectivity index (χ0n) is 8.89. The van der Waals surface area contributed by atoms with Crippen LogP contribution in [0, 0.1) is 5.82 Å². The Hall–Kier alpha value is -1.54. The molecule has 1 saturated heterocycles. The molecule has 0 spiro atoms. The van der Waals surface area contributed by atoms with E-state index in [9.17, 15) is 17.6 Å². The number of nitrogens with one attached hydrogen (secondary N) is 1. The molecule has 1 heterocycles. The van der Waals surface area contributed by atoms with Gasteiger partial charge in [-0.05, 0) is 18.2 Å². The first-order valence-corrected chi connectivity index (χ1v) is 6.64. The number of hydrogen-bond acceptors (Lipinski definition) is 4. The van der Waals surface area contributed by atoms with Crippen molar-refractivity contribution in [2.45, 2.75) is 0 Å². The highest BCUT2D eigenvalue weighted by Crippen LogP contribution is 2.24. The van der Waals surface area contributed by atoms with E-state index < -0.39 is 22.1 Å². The average molecular weight is 295 g/mol. The normalized spacial score (nSPS) is 15.7. The van der Waals surface area contributed by atoms with Gasteiger partial charge in [-0.3, -0.25) is 4.72 Å². The molecule has 0 aromatic heterocycles. The maximum atomic E-state index is 12.8. The van der Waals surface area contributed by atoms with Crippen LogP contribution in [0.25, 0.3) is 0 Å². The molecule has 0 unspecified atom stereocenters. The van der Waals surface area contributed by atoms with Crippen molar-refractivity contribution in [3.05, 3.63) is 29.0 Å². The molecule has 98 valence electrons. The second-order valence-corrected chi connectivity index (χ2v) is 5.42. The van der Waals surface area contributed by atoms with E-state index in [1.165, 1.54) is 0 Å². The van der Waals surface area contributed by atoms with E-state index in [0.717, 1.165) is 18.2 Å². The molecule has 1 aromatic rings. The van der Waals surface area contributed by atoms with E-state index in [1.54, 1.807) is 0 Å². The molecule has 0 bridgehead atoms. The summed E-state index contributed by atoms with van der Waals surface area (Å²) in [6.45, 7) is -0.0795. The van der Waals surface area contributed by atoms with Gasteiger partial charge in [-0.1, -0.05) is 11.6 Å². The molecule has 1 aromatic carbocycles. The Bertz CT molecular complexity index is 592. The average Bonchev–Trinajstić information content (AvgIpc) is 2.69. The molecule has 1 fully saturated rings. The van der Waals surface area contributed by atoms with E-state index in [0.29, 0.717) is 4.31 Å². The van der Waals surface area contributed by atoms with Crippen LogP contribution >= 0.6 is 11.6 Å². The predicted octanol–water partition coefficient (Wildman–Crippen LogP) is 1.59. The summed E-state index contributed by atoms with van der Waals surface area (Å²) in [5.41, 5.74) is -0.0160. The van der Waals surface area contributed by atoms with Crippen LogP contribution < -0.4 is 4.72 Å². The maximum absolute atomic E-state index is 12.8. The lowest BCUT2D eigenvalue weighted by atomic mass is 10.3. The van der Waals surface area contributed by atoms with Gasteiger partial charge in [0.15, 0.2) is 0 Å². The Morgan fingerprint density at radius 3 is 2.72 bits per heavy atom. The van der Waals surface area contributed by atoms with Crippen LogP contribution in [0.15, 0.2) is 18.2 Å². The van der Waals surface area contributed by atoms with E-state index in [-0.39, 0.29) is 23.9 Å². The minimum absolute atomic E-state index is 0.00308. The number of ether oxygens (including phenoxy) is 1. The fraction of sp³-hybridized carbons (Fsp3) is 0.222. The second-order valence-electron chi connectivity index (χ2n) is 3.42. The maximum Gasteiger partial charge on any atom is 0.425 e. The number of anilines is 1. The lowest BCUT2D eigenvalue weighted by molar-refractivity contribution is 0.170. The SMILES string of the molecule is O=C1OCCN1S(=O)(=O)Nc1ccc(F)cc1Cl. The van der Waals surface area contributed by atoms with Gasteiger partial charge in [0.05, 0.1) is 17.3 Å². The number of cyclic esters (lactones) is 1. The first-order valence-electron chi connectivity index (χ1n) is 4.82. The van der Waals surface area contributed by atoms with Gasteiger partial charge in [0, 0.05) is 0 Å². The molecular formula is C9H8ClFN2O4S. The fourth-order valence-corrected chi connectivity index (χ4v) is 2.76. The molecule has 6 nitrogen and oxygen atoms in total. The molecule has 0 radical (unpaired) electrons. The molecule has 2 rings (SSSR count). The molecule has 0 aliphatic carbocycles. The first-order chi connectivity index (χ1) is 8.40. The molecule has 18 heavy (non-hydrogen) atoms. The number of hydrogen-bond donors (Lipinski definition) is 1. The zero-order chi connectivity index (χ0) is 13.3. The van der Waals surface area contributed by atoms with Crippen molar-refractivity contribution in [2.75, 3.05) is 17.9 Å². The third-order valence-corrected chi connectivity index (χ3v) is 3.89. The highest BCUT2D eigenvalue weighted by Gasteiger charge is 2.33. The summed E-state index contributed by atoms with van der Waals surface area (Å²) in [5, 5.41) is -0.105. The standard InChI is InChI=1S/C9H8ClFN2O4S/c10-7-5-6(11)1-2-8(7)12-18(15,16)13-3-4-17-9(13)14/h1-2,5,12H,3-4H2. The number of amides is 1. The number of rotatable bonds is 3. The molecule has 9 heteroatoms. The summed E-state index contributed by atoms with van der Waals surface area (Å²) in [5.74, 6) is -0.594. The van der Waals surface area contributed by atoms with E-state index in [2.05, 4.69) is 9.46 Å². The van der Waals surface area contributed by atoms with Crippen molar-refractivity contribution in [1.29, 1.82) is 0 Å². The van der Waals surface area contributed by atoms with Crippen molar-refractivity contribution in [2.24, 2.45) is 0 Å². The molecular weight excluding hydrogens is 287 g/mol. The van der Waals surface area contributed by atoms with Gasteiger partial charge in [0.1, 0.15) is 12.4 Å². The Morgan fingerprint density at radius 1 is 1.44 bits per heavy atom. The Balaban J connectivity index is 2.25. The van der Waals surface area contributed by atoms with E-state index in [1.807, 2.05) is 0 Å². The van der Waals surface area contributed by atoms with Crippen molar-refractivity contribution < 1.29 is 22.3 Å². The first kappa shape index (κ1) is 12.9. The third-order valence-electron chi connectivity index (χ3n) is 2.18. The molecule has 1 aliphatic heterocycles. The van der Waals surface area contributed by atoms with Crippen molar-refractivity contribution in [1.82, 2.24) is 4.31 Å². The van der Waals surface area contributed by atoms with Gasteiger partial charge in [-0.25, -0.2) is 9.18 Å². The summed E-state index contributed by atoms with van der Waals surface area (Å²) in [6, 6.07) is 3.17. The smallest absolute Gasteiger partial charge is 0.425 e. The summed E-state index contributed by atoms with van der Waals surface area (Å²) in [4.78, 5) is 11.1. The van der Waals surface area contributed by atoms with Crippen LogP contribution in [0.5, 0.6) is 0 Å².